The second-order valence-electron chi connectivity index (χ2n) is 14.1. The first-order chi connectivity index (χ1) is 23.2. The van der Waals surface area contributed by atoms with E-state index in [4.69, 9.17) is 19.2 Å². The number of nitrogens with one attached hydrogen (secondary N) is 1. The van der Waals surface area contributed by atoms with Crippen LogP contribution in [-0.2, 0) is 49.0 Å². The molecule has 3 aliphatic heterocycles. The number of cyclic esters (lactones) is 1. The smallest absolute Gasteiger partial charge is 0.408 e. The van der Waals surface area contributed by atoms with E-state index in [9.17, 15) is 24.3 Å². The van der Waals surface area contributed by atoms with E-state index in [0.717, 1.165) is 16.5 Å². The lowest BCUT2D eigenvalue weighted by Gasteiger charge is -2.32. The number of aliphatic hydroxyl groups is 1. The van der Waals surface area contributed by atoms with Gasteiger partial charge in [0, 0.05) is 34.6 Å². The zero-order valence-electron chi connectivity index (χ0n) is 27.9. The average Bonchev–Trinajstić information content (AvgIpc) is 3.43. The minimum Gasteiger partial charge on any atom is -0.458 e. The maximum Gasteiger partial charge on any atom is 0.408 e. The molecule has 0 bridgehead atoms. The van der Waals surface area contributed by atoms with Crippen molar-refractivity contribution in [2.75, 3.05) is 13.2 Å². The molecule has 4 atom stereocenters. The molecular weight excluding hydrogens is 674 g/mol. The fourth-order valence-corrected chi connectivity index (χ4v) is 10.1. The maximum atomic E-state index is 15.3. The van der Waals surface area contributed by atoms with Crippen molar-refractivity contribution in [1.82, 2.24) is 14.9 Å². The molecule has 4 aliphatic rings. The van der Waals surface area contributed by atoms with E-state index in [1.54, 1.807) is 19.9 Å². The molecule has 7 rings (SSSR count). The monoisotopic (exact) mass is 711 g/mol. The molecule has 11 nitrogen and oxygen atoms in total. The minimum atomic E-state index is -1.99. The van der Waals surface area contributed by atoms with Crippen molar-refractivity contribution in [3.63, 3.8) is 0 Å². The van der Waals surface area contributed by atoms with Crippen LogP contribution >= 0.6 is 21.6 Å². The molecule has 0 radical (unpaired) electrons. The van der Waals surface area contributed by atoms with Gasteiger partial charge in [0.2, 0.25) is 5.12 Å². The summed E-state index contributed by atoms with van der Waals surface area (Å²) in [6, 6.07) is 2.44. The van der Waals surface area contributed by atoms with Crippen molar-refractivity contribution >= 4 is 49.7 Å². The molecule has 49 heavy (non-hydrogen) atoms. The van der Waals surface area contributed by atoms with E-state index >= 15 is 4.39 Å². The second-order valence-corrected chi connectivity index (χ2v) is 16.5. The van der Waals surface area contributed by atoms with Crippen molar-refractivity contribution in [1.29, 1.82) is 0 Å². The number of hydrogen-bond acceptors (Lipinski definition) is 11. The number of rotatable bonds is 5. The predicted octanol–water partition coefficient (Wildman–Crippen LogP) is 5.35. The summed E-state index contributed by atoms with van der Waals surface area (Å²) in [5, 5.41) is 15.0. The molecule has 0 unspecified atom stereocenters. The van der Waals surface area contributed by atoms with Crippen molar-refractivity contribution < 1.29 is 38.1 Å². The van der Waals surface area contributed by atoms with E-state index < -0.39 is 46.6 Å². The van der Waals surface area contributed by atoms with E-state index in [1.807, 2.05) is 20.8 Å². The number of benzene rings is 1. The van der Waals surface area contributed by atoms with Crippen molar-refractivity contribution in [2.24, 2.45) is 5.41 Å². The number of carbonyl (C=O) groups is 3. The van der Waals surface area contributed by atoms with Gasteiger partial charge in [0.1, 0.15) is 18.5 Å². The molecule has 1 aromatic carbocycles. The Morgan fingerprint density at radius 2 is 1.98 bits per heavy atom. The Morgan fingerprint density at radius 1 is 1.20 bits per heavy atom. The zero-order valence-corrected chi connectivity index (χ0v) is 29.6. The van der Waals surface area contributed by atoms with Crippen LogP contribution in [-0.4, -0.2) is 56.4 Å². The number of aromatic nitrogens is 2. The highest BCUT2D eigenvalue weighted by Gasteiger charge is 2.46. The number of esters is 1. The van der Waals surface area contributed by atoms with Crippen LogP contribution in [0.1, 0.15) is 86.4 Å². The lowest BCUT2D eigenvalue weighted by Crippen LogP contribution is -2.44. The highest BCUT2D eigenvalue weighted by atomic mass is 33.1. The molecule has 1 aliphatic carbocycles. The number of amides is 1. The van der Waals surface area contributed by atoms with Gasteiger partial charge in [-0.1, -0.05) is 38.5 Å². The molecule has 0 saturated carbocycles. The lowest BCUT2D eigenvalue weighted by atomic mass is 9.81. The summed E-state index contributed by atoms with van der Waals surface area (Å²) in [6.07, 6.45) is 0.334. The van der Waals surface area contributed by atoms with E-state index in [0.29, 0.717) is 53.9 Å². The van der Waals surface area contributed by atoms with Crippen LogP contribution in [0.15, 0.2) is 16.9 Å². The lowest BCUT2D eigenvalue weighted by molar-refractivity contribution is -0.172. The van der Waals surface area contributed by atoms with Crippen LogP contribution in [0.2, 0.25) is 0 Å². The second kappa shape index (κ2) is 12.4. The van der Waals surface area contributed by atoms with Gasteiger partial charge in [-0.3, -0.25) is 9.59 Å². The third-order valence-corrected chi connectivity index (χ3v) is 13.2. The maximum absolute atomic E-state index is 15.3. The highest BCUT2D eigenvalue weighted by molar-refractivity contribution is 8.82. The Balaban J connectivity index is 1.25. The Kier molecular flexibility index (Phi) is 8.60. The van der Waals surface area contributed by atoms with Crippen LogP contribution in [0.5, 0.6) is 0 Å². The molecule has 3 aromatic rings. The largest absolute Gasteiger partial charge is 0.458 e. The van der Waals surface area contributed by atoms with Gasteiger partial charge in [-0.25, -0.2) is 19.0 Å². The molecule has 14 heteroatoms. The SMILES string of the molecule is CC[C@@]1(O)C(=O)OCc2c1cc1n(c2=O)Cc2c-1nc1cc(F)c(C)c3c1c2[C@@H](NC(=O)O[C@@H]1COCC[C@H]1SSC(=O)C(C)(C)C)CC3. The number of alkyl carbamates (subject to hydrolysis) is 1. The van der Waals surface area contributed by atoms with Gasteiger partial charge in [-0.15, -0.1) is 0 Å². The molecule has 260 valence electrons. The van der Waals surface area contributed by atoms with Crippen LogP contribution in [0, 0.1) is 18.2 Å². The number of hydrogen-bond donors (Lipinski definition) is 2. The van der Waals surface area contributed by atoms with Gasteiger partial charge in [0.25, 0.3) is 5.56 Å². The van der Waals surface area contributed by atoms with Gasteiger partial charge in [-0.05, 0) is 66.2 Å². The van der Waals surface area contributed by atoms with Crippen LogP contribution < -0.4 is 10.9 Å². The Hall–Kier alpha value is -3.46. The molecule has 0 spiro atoms. The fraction of sp³-hybridized carbons (Fsp3) is 0.514. The van der Waals surface area contributed by atoms with Crippen molar-refractivity contribution in [2.45, 2.75) is 96.5 Å². The first kappa shape index (κ1) is 34.0. The number of aryl methyl sites for hydroxylation is 1. The molecule has 1 fully saturated rings. The van der Waals surface area contributed by atoms with Crippen LogP contribution in [0.3, 0.4) is 0 Å². The van der Waals surface area contributed by atoms with Gasteiger partial charge in [-0.2, -0.15) is 0 Å². The number of pyridine rings is 2. The molecular formula is C35H38FN3O8S2. The summed E-state index contributed by atoms with van der Waals surface area (Å²) < 4.78 is 33.6. The number of nitrogens with zero attached hydrogens (tertiary/aromatic N) is 2. The standard InChI is InChI=1S/C35H38FN3O8S2/c1-6-35(44)20-11-24-29-18(13-39(24)30(40)19(20)14-46-31(35)41)28-22(8-7-17-16(2)21(36)12-23(37-29)27(17)28)38-33(43)47-25-15-45-10-9-26(25)48-49-32(42)34(3,4)5/h11-12,22,25-26,44H,6-10,13-15H2,1-5H3,(H,38,43)/t22-,25+,26+,35-/m0/s1. The third kappa shape index (κ3) is 5.64. The zero-order chi connectivity index (χ0) is 35.0. The molecule has 2 N–H and O–H groups in total. The van der Waals surface area contributed by atoms with Gasteiger partial charge < -0.3 is 29.2 Å². The summed E-state index contributed by atoms with van der Waals surface area (Å²) in [4.78, 5) is 57.5. The highest BCUT2D eigenvalue weighted by Crippen LogP contribution is 2.46. The number of carbonyl (C=O) groups excluding carboxylic acids is 3. The Bertz CT molecular complexity index is 1990. The molecule has 2 aromatic heterocycles. The first-order valence-electron chi connectivity index (χ1n) is 16.5. The minimum absolute atomic E-state index is 0.00389. The number of fused-ring (bicyclic) bond motifs is 5. The summed E-state index contributed by atoms with van der Waals surface area (Å²) in [5.74, 6) is -1.22. The molecule has 5 heterocycles. The molecule has 1 saturated heterocycles. The average molecular weight is 712 g/mol. The van der Waals surface area contributed by atoms with Gasteiger partial charge in [0.15, 0.2) is 5.60 Å². The topological polar surface area (TPSA) is 146 Å². The summed E-state index contributed by atoms with van der Waals surface area (Å²) in [6.45, 7) is 9.53. The Morgan fingerprint density at radius 3 is 2.71 bits per heavy atom. The quantitative estimate of drug-likeness (QED) is 0.204. The summed E-state index contributed by atoms with van der Waals surface area (Å²) >= 11 is 0. The van der Waals surface area contributed by atoms with E-state index in [-0.39, 0.29) is 47.7 Å². The van der Waals surface area contributed by atoms with E-state index in [2.05, 4.69) is 5.32 Å². The van der Waals surface area contributed by atoms with E-state index in [1.165, 1.54) is 32.2 Å². The van der Waals surface area contributed by atoms with Crippen LogP contribution in [0.4, 0.5) is 9.18 Å². The number of halogens is 1. The summed E-state index contributed by atoms with van der Waals surface area (Å²) in [7, 11) is 2.57. The first-order valence-corrected chi connectivity index (χ1v) is 18.7. The van der Waals surface area contributed by atoms with Crippen molar-refractivity contribution in [3.05, 3.63) is 61.7 Å². The van der Waals surface area contributed by atoms with Crippen molar-refractivity contribution in [3.8, 4) is 11.4 Å². The summed E-state index contributed by atoms with van der Waals surface area (Å²) in [5.41, 5.74) is 1.42. The van der Waals surface area contributed by atoms with Gasteiger partial charge >= 0.3 is 12.1 Å². The number of ether oxygens (including phenoxy) is 3. The Labute approximate surface area is 290 Å². The molecule has 1 amide bonds. The fourth-order valence-electron chi connectivity index (χ4n) is 7.16. The normalized spacial score (nSPS) is 24.1. The third-order valence-electron chi connectivity index (χ3n) is 10.0. The predicted molar refractivity (Wildman–Crippen MR) is 183 cm³/mol. The van der Waals surface area contributed by atoms with Crippen LogP contribution in [0.25, 0.3) is 22.3 Å². The van der Waals surface area contributed by atoms with Gasteiger partial charge in [0.05, 0.1) is 46.9 Å².